The second-order valence-corrected chi connectivity index (χ2v) is 2.75. The van der Waals surface area contributed by atoms with E-state index in [-0.39, 0.29) is 11.3 Å². The van der Waals surface area contributed by atoms with Gasteiger partial charge in [0.15, 0.2) is 17.8 Å². The highest BCUT2D eigenvalue weighted by atomic mass is 19.1. The maximum absolute atomic E-state index is 13.5. The van der Waals surface area contributed by atoms with Crippen LogP contribution >= 0.6 is 0 Å². The van der Waals surface area contributed by atoms with E-state index in [0.29, 0.717) is 13.2 Å². The summed E-state index contributed by atoms with van der Waals surface area (Å²) in [6, 6.07) is 3.11. The highest BCUT2D eigenvalue weighted by molar-refractivity contribution is 5.28. The summed E-state index contributed by atoms with van der Waals surface area (Å²) in [5.74, 6) is -0.665. The first-order chi connectivity index (χ1) is 6.83. The lowest BCUT2D eigenvalue weighted by Crippen LogP contribution is -2.04. The van der Waals surface area contributed by atoms with E-state index in [1.807, 2.05) is 0 Å². The second kappa shape index (κ2) is 3.70. The van der Waals surface area contributed by atoms with Gasteiger partial charge in [-0.15, -0.1) is 0 Å². The van der Waals surface area contributed by atoms with Gasteiger partial charge in [0.1, 0.15) is 6.07 Å². The van der Waals surface area contributed by atoms with E-state index >= 15 is 0 Å². The molecule has 1 saturated heterocycles. The third-order valence-electron chi connectivity index (χ3n) is 1.90. The van der Waals surface area contributed by atoms with E-state index in [4.69, 9.17) is 14.7 Å². The molecule has 1 aromatic heterocycles. The van der Waals surface area contributed by atoms with Crippen molar-refractivity contribution in [2.45, 2.75) is 6.29 Å². The molecule has 72 valence electrons. The Morgan fingerprint density at radius 2 is 2.21 bits per heavy atom. The summed E-state index contributed by atoms with van der Waals surface area (Å²) < 4.78 is 23.7. The van der Waals surface area contributed by atoms with Gasteiger partial charge >= 0.3 is 0 Å². The molecule has 4 nitrogen and oxygen atoms in total. The summed E-state index contributed by atoms with van der Waals surface area (Å²) in [6.07, 6.45) is 0.659. The summed E-state index contributed by atoms with van der Waals surface area (Å²) >= 11 is 0. The van der Waals surface area contributed by atoms with Gasteiger partial charge in [-0.2, -0.15) is 5.26 Å². The van der Waals surface area contributed by atoms with Crippen molar-refractivity contribution in [2.75, 3.05) is 13.2 Å². The first kappa shape index (κ1) is 9.06. The molecule has 0 aliphatic carbocycles. The van der Waals surface area contributed by atoms with Crippen molar-refractivity contribution in [2.24, 2.45) is 0 Å². The normalized spacial score (nSPS) is 16.9. The molecule has 0 atom stereocenters. The van der Waals surface area contributed by atoms with E-state index in [1.54, 1.807) is 6.07 Å². The van der Waals surface area contributed by atoms with Crippen molar-refractivity contribution in [1.29, 1.82) is 5.26 Å². The highest BCUT2D eigenvalue weighted by Crippen LogP contribution is 2.25. The fourth-order valence-electron chi connectivity index (χ4n) is 1.26. The predicted octanol–water partition coefficient (Wildman–Crippen LogP) is 1.14. The van der Waals surface area contributed by atoms with Gasteiger partial charge in [0, 0.05) is 11.8 Å². The molecule has 14 heavy (non-hydrogen) atoms. The van der Waals surface area contributed by atoms with Gasteiger partial charge in [0.25, 0.3) is 0 Å². The van der Waals surface area contributed by atoms with Crippen LogP contribution in [0.1, 0.15) is 17.5 Å². The minimum Gasteiger partial charge on any atom is -0.346 e. The predicted molar refractivity (Wildman–Crippen MR) is 43.6 cm³/mol. The molecule has 0 N–H and O–H groups in total. The molecule has 1 fully saturated rings. The van der Waals surface area contributed by atoms with Gasteiger partial charge in [-0.25, -0.2) is 9.37 Å². The molecule has 0 bridgehead atoms. The van der Waals surface area contributed by atoms with E-state index in [0.717, 1.165) is 0 Å². The Bertz CT molecular complexity index is 383. The number of ether oxygens (including phenoxy) is 2. The van der Waals surface area contributed by atoms with E-state index in [1.165, 1.54) is 12.3 Å². The van der Waals surface area contributed by atoms with Gasteiger partial charge in [-0.05, 0) is 6.07 Å². The SMILES string of the molecule is N#Cc1nccc(C2OCCO2)c1F. The molecular formula is C9H7FN2O2. The summed E-state index contributed by atoms with van der Waals surface area (Å²) in [5.41, 5.74) is -0.00403. The Morgan fingerprint density at radius 1 is 1.50 bits per heavy atom. The van der Waals surface area contributed by atoms with Crippen molar-refractivity contribution in [3.63, 3.8) is 0 Å². The average Bonchev–Trinajstić information content (AvgIpc) is 2.71. The topological polar surface area (TPSA) is 55.1 Å². The highest BCUT2D eigenvalue weighted by Gasteiger charge is 2.23. The minimum atomic E-state index is -0.704. The standard InChI is InChI=1S/C9H7FN2O2/c10-8-6(9-13-3-4-14-9)1-2-12-7(8)5-11/h1-2,9H,3-4H2. The largest absolute Gasteiger partial charge is 0.346 e. The Labute approximate surface area is 79.9 Å². The zero-order valence-corrected chi connectivity index (χ0v) is 7.24. The maximum atomic E-state index is 13.5. The second-order valence-electron chi connectivity index (χ2n) is 2.75. The first-order valence-corrected chi connectivity index (χ1v) is 4.10. The quantitative estimate of drug-likeness (QED) is 0.672. The Balaban J connectivity index is 2.38. The summed E-state index contributed by atoms with van der Waals surface area (Å²) in [6.45, 7) is 0.878. The van der Waals surface area contributed by atoms with Crippen LogP contribution in [0.2, 0.25) is 0 Å². The van der Waals surface area contributed by atoms with Gasteiger partial charge in [0.2, 0.25) is 0 Å². The number of hydrogen-bond donors (Lipinski definition) is 0. The number of aromatic nitrogens is 1. The average molecular weight is 194 g/mol. The van der Waals surface area contributed by atoms with E-state index < -0.39 is 12.1 Å². The van der Waals surface area contributed by atoms with Crippen molar-refractivity contribution < 1.29 is 13.9 Å². The zero-order chi connectivity index (χ0) is 9.97. The summed E-state index contributed by atoms with van der Waals surface area (Å²) in [5, 5.41) is 8.55. The molecule has 0 radical (unpaired) electrons. The van der Waals surface area contributed by atoms with Crippen LogP contribution in [0.25, 0.3) is 0 Å². The molecule has 2 heterocycles. The van der Waals surface area contributed by atoms with Crippen LogP contribution in [0, 0.1) is 17.1 Å². The Kier molecular flexibility index (Phi) is 2.39. The van der Waals surface area contributed by atoms with Crippen molar-refractivity contribution in [1.82, 2.24) is 4.98 Å². The van der Waals surface area contributed by atoms with Crippen LogP contribution in [-0.4, -0.2) is 18.2 Å². The fraction of sp³-hybridized carbons (Fsp3) is 0.333. The number of pyridine rings is 1. The van der Waals surface area contributed by atoms with Crippen LogP contribution in [0.3, 0.4) is 0 Å². The van der Waals surface area contributed by atoms with Gasteiger partial charge in [-0.3, -0.25) is 0 Å². The van der Waals surface area contributed by atoms with Crippen LogP contribution < -0.4 is 0 Å². The summed E-state index contributed by atoms with van der Waals surface area (Å²) in [7, 11) is 0. The Morgan fingerprint density at radius 3 is 2.86 bits per heavy atom. The molecule has 1 aliphatic heterocycles. The van der Waals surface area contributed by atoms with Crippen LogP contribution in [-0.2, 0) is 9.47 Å². The van der Waals surface area contributed by atoms with E-state index in [2.05, 4.69) is 4.98 Å². The maximum Gasteiger partial charge on any atom is 0.187 e. The number of halogens is 1. The number of rotatable bonds is 1. The van der Waals surface area contributed by atoms with Gasteiger partial charge < -0.3 is 9.47 Å². The number of nitriles is 1. The van der Waals surface area contributed by atoms with E-state index in [9.17, 15) is 4.39 Å². The molecule has 1 aromatic rings. The molecule has 0 aromatic carbocycles. The van der Waals surface area contributed by atoms with Crippen LogP contribution in [0.15, 0.2) is 12.3 Å². The smallest absolute Gasteiger partial charge is 0.187 e. The first-order valence-electron chi connectivity index (χ1n) is 4.10. The molecular weight excluding hydrogens is 187 g/mol. The van der Waals surface area contributed by atoms with Crippen molar-refractivity contribution in [3.05, 3.63) is 29.3 Å². The third kappa shape index (κ3) is 1.45. The van der Waals surface area contributed by atoms with Crippen molar-refractivity contribution in [3.8, 4) is 6.07 Å². The van der Waals surface area contributed by atoms with Crippen molar-refractivity contribution >= 4 is 0 Å². The minimum absolute atomic E-state index is 0.231. The molecule has 0 spiro atoms. The molecule has 2 rings (SSSR count). The molecule has 0 amide bonds. The summed E-state index contributed by atoms with van der Waals surface area (Å²) in [4.78, 5) is 3.58. The lowest BCUT2D eigenvalue weighted by atomic mass is 10.2. The molecule has 0 saturated carbocycles. The lowest BCUT2D eigenvalue weighted by molar-refractivity contribution is -0.0465. The fourth-order valence-corrected chi connectivity index (χ4v) is 1.26. The molecule has 5 heteroatoms. The van der Waals surface area contributed by atoms with Gasteiger partial charge in [0.05, 0.1) is 13.2 Å². The van der Waals surface area contributed by atoms with Gasteiger partial charge in [-0.1, -0.05) is 0 Å². The lowest BCUT2D eigenvalue weighted by Gasteiger charge is -2.09. The third-order valence-corrected chi connectivity index (χ3v) is 1.90. The Hall–Kier alpha value is -1.51. The number of nitrogens with zero attached hydrogens (tertiary/aromatic N) is 2. The monoisotopic (exact) mass is 194 g/mol. The molecule has 0 unspecified atom stereocenters. The molecule has 1 aliphatic rings. The van der Waals surface area contributed by atoms with Crippen LogP contribution in [0.4, 0.5) is 4.39 Å². The number of hydrogen-bond acceptors (Lipinski definition) is 4. The van der Waals surface area contributed by atoms with Crippen LogP contribution in [0.5, 0.6) is 0 Å². The zero-order valence-electron chi connectivity index (χ0n) is 7.24.